The highest BCUT2D eigenvalue weighted by atomic mass is 32.2. The van der Waals surface area contributed by atoms with Gasteiger partial charge in [0.1, 0.15) is 24.0 Å². The lowest BCUT2D eigenvalue weighted by atomic mass is 9.99. The van der Waals surface area contributed by atoms with Gasteiger partial charge in [0.2, 0.25) is 11.8 Å². The number of benzene rings is 2. The van der Waals surface area contributed by atoms with E-state index in [0.29, 0.717) is 23.6 Å². The second-order valence-electron chi connectivity index (χ2n) is 8.61. The average Bonchev–Trinajstić information content (AvgIpc) is 3.07. The van der Waals surface area contributed by atoms with Crippen molar-refractivity contribution >= 4 is 29.4 Å². The van der Waals surface area contributed by atoms with E-state index in [1.807, 2.05) is 44.2 Å². The minimum atomic E-state index is -0.693. The number of nitrogens with zero attached hydrogens (tertiary/aromatic N) is 3. The molecule has 1 aliphatic heterocycles. The molecular weight excluding hydrogens is 458 g/mol. The van der Waals surface area contributed by atoms with E-state index in [9.17, 15) is 18.4 Å². The Balaban J connectivity index is 1.86. The molecular formula is C25H26F2N4O2S. The van der Waals surface area contributed by atoms with Crippen LogP contribution in [0.2, 0.25) is 0 Å². The van der Waals surface area contributed by atoms with E-state index < -0.39 is 16.9 Å². The Hall–Kier alpha value is -3.20. The summed E-state index contributed by atoms with van der Waals surface area (Å²) in [6, 6.07) is 12.9. The van der Waals surface area contributed by atoms with Crippen LogP contribution in [0.5, 0.6) is 0 Å². The number of hydrogen-bond donors (Lipinski definition) is 1. The normalized spacial score (nSPS) is 15.9. The number of nitrogens with one attached hydrogen (secondary N) is 1. The number of amides is 2. The van der Waals surface area contributed by atoms with E-state index in [1.54, 1.807) is 11.7 Å². The van der Waals surface area contributed by atoms with Crippen molar-refractivity contribution in [2.45, 2.75) is 19.1 Å². The quantitative estimate of drug-likeness (QED) is 0.566. The SMILES string of the molecule is CC(C)CNC(=O)CN1C(=O)CSC(c2ccc(F)cc2F)c2c(-c3ccccc3)nn(C)c21. The van der Waals surface area contributed by atoms with Crippen LogP contribution in [0.15, 0.2) is 48.5 Å². The van der Waals surface area contributed by atoms with Gasteiger partial charge >= 0.3 is 0 Å². The summed E-state index contributed by atoms with van der Waals surface area (Å²) in [6.45, 7) is 4.29. The molecule has 9 heteroatoms. The van der Waals surface area contributed by atoms with Gasteiger partial charge < -0.3 is 5.32 Å². The van der Waals surface area contributed by atoms with Gasteiger partial charge in [0, 0.05) is 36.3 Å². The minimum absolute atomic E-state index is 0.0296. The van der Waals surface area contributed by atoms with Gasteiger partial charge in [0.05, 0.1) is 16.7 Å². The summed E-state index contributed by atoms with van der Waals surface area (Å²) >= 11 is 1.24. The number of halogens is 2. The Morgan fingerprint density at radius 2 is 1.94 bits per heavy atom. The molecule has 0 spiro atoms. The summed E-state index contributed by atoms with van der Waals surface area (Å²) in [4.78, 5) is 27.3. The van der Waals surface area contributed by atoms with Crippen LogP contribution in [-0.4, -0.2) is 40.4 Å². The van der Waals surface area contributed by atoms with Gasteiger partial charge in [-0.3, -0.25) is 19.2 Å². The Kier molecular flexibility index (Phi) is 7.02. The molecule has 3 aromatic rings. The van der Waals surface area contributed by atoms with Crippen molar-refractivity contribution in [1.82, 2.24) is 15.1 Å². The molecule has 0 radical (unpaired) electrons. The van der Waals surface area contributed by atoms with Gasteiger partial charge in [0.15, 0.2) is 0 Å². The number of thioether (sulfide) groups is 1. The first-order chi connectivity index (χ1) is 16.3. The second-order valence-corrected chi connectivity index (χ2v) is 9.70. The fourth-order valence-corrected chi connectivity index (χ4v) is 5.20. The number of hydrogen-bond acceptors (Lipinski definition) is 4. The monoisotopic (exact) mass is 484 g/mol. The molecule has 2 aromatic carbocycles. The van der Waals surface area contributed by atoms with E-state index in [4.69, 9.17) is 0 Å². The second kappa shape index (κ2) is 9.97. The zero-order chi connectivity index (χ0) is 24.4. The smallest absolute Gasteiger partial charge is 0.240 e. The molecule has 34 heavy (non-hydrogen) atoms. The summed E-state index contributed by atoms with van der Waals surface area (Å²) in [5.74, 6) is -1.20. The number of anilines is 1. The first kappa shape index (κ1) is 23.9. The van der Waals surface area contributed by atoms with Crippen LogP contribution in [0.3, 0.4) is 0 Å². The summed E-state index contributed by atoms with van der Waals surface area (Å²) in [5, 5.41) is 6.90. The third-order valence-corrected chi connectivity index (χ3v) is 6.78. The van der Waals surface area contributed by atoms with E-state index in [2.05, 4.69) is 10.4 Å². The van der Waals surface area contributed by atoms with E-state index >= 15 is 0 Å². The predicted molar refractivity (Wildman–Crippen MR) is 130 cm³/mol. The first-order valence-electron chi connectivity index (χ1n) is 11.0. The minimum Gasteiger partial charge on any atom is -0.354 e. The molecule has 2 amide bonds. The number of rotatable bonds is 6. The summed E-state index contributed by atoms with van der Waals surface area (Å²) in [7, 11) is 1.70. The van der Waals surface area contributed by atoms with Crippen LogP contribution >= 0.6 is 11.8 Å². The first-order valence-corrected chi connectivity index (χ1v) is 12.1. The van der Waals surface area contributed by atoms with Crippen molar-refractivity contribution in [3.8, 4) is 11.3 Å². The fraction of sp³-hybridized carbons (Fsp3) is 0.320. The number of aryl methyl sites for hydroxylation is 1. The van der Waals surface area contributed by atoms with Gasteiger partial charge in [-0.2, -0.15) is 5.10 Å². The molecule has 1 N–H and O–H groups in total. The Morgan fingerprint density at radius 1 is 1.21 bits per heavy atom. The number of carbonyl (C=O) groups is 2. The standard InChI is InChI=1S/C25H26F2N4O2S/c1-15(2)12-28-20(32)13-31-21(33)14-34-24(18-10-9-17(26)11-19(18)27)22-23(29-30(3)25(22)31)16-7-5-4-6-8-16/h4-11,15,24H,12-14H2,1-3H3,(H,28,32). The van der Waals surface area contributed by atoms with Gasteiger partial charge in [0.25, 0.3) is 0 Å². The van der Waals surface area contributed by atoms with Crippen molar-refractivity contribution in [2.75, 3.05) is 23.7 Å². The summed E-state index contributed by atoms with van der Waals surface area (Å²) in [5.41, 5.74) is 2.26. The topological polar surface area (TPSA) is 67.2 Å². The number of carbonyl (C=O) groups excluding carboxylic acids is 2. The Bertz CT molecular complexity index is 1210. The molecule has 178 valence electrons. The molecule has 4 rings (SSSR count). The zero-order valence-electron chi connectivity index (χ0n) is 19.2. The van der Waals surface area contributed by atoms with Crippen molar-refractivity contribution in [1.29, 1.82) is 0 Å². The third-order valence-electron chi connectivity index (χ3n) is 5.55. The molecule has 0 aliphatic carbocycles. The van der Waals surface area contributed by atoms with Gasteiger partial charge in [-0.15, -0.1) is 11.8 Å². The van der Waals surface area contributed by atoms with Crippen molar-refractivity contribution in [2.24, 2.45) is 13.0 Å². The number of aromatic nitrogens is 2. The molecule has 0 bridgehead atoms. The molecule has 0 saturated carbocycles. The van der Waals surface area contributed by atoms with E-state index in [-0.39, 0.29) is 35.6 Å². The number of fused-ring (bicyclic) bond motifs is 1. The molecule has 2 heterocycles. The molecule has 1 unspecified atom stereocenters. The van der Waals surface area contributed by atoms with Gasteiger partial charge in [-0.05, 0) is 12.0 Å². The van der Waals surface area contributed by atoms with E-state index in [0.717, 1.165) is 11.6 Å². The summed E-state index contributed by atoms with van der Waals surface area (Å²) in [6.07, 6.45) is 0. The maximum Gasteiger partial charge on any atom is 0.240 e. The lowest BCUT2D eigenvalue weighted by Gasteiger charge is -2.22. The van der Waals surface area contributed by atoms with Gasteiger partial charge in [-0.1, -0.05) is 50.2 Å². The Labute approximate surface area is 201 Å². The molecule has 6 nitrogen and oxygen atoms in total. The Morgan fingerprint density at radius 3 is 2.62 bits per heavy atom. The lowest BCUT2D eigenvalue weighted by Crippen LogP contribution is -2.43. The maximum atomic E-state index is 14.9. The fourth-order valence-electron chi connectivity index (χ4n) is 3.98. The van der Waals surface area contributed by atoms with Crippen LogP contribution < -0.4 is 10.2 Å². The molecule has 1 aliphatic rings. The highest BCUT2D eigenvalue weighted by molar-refractivity contribution is 8.00. The molecule has 1 aromatic heterocycles. The summed E-state index contributed by atoms with van der Waals surface area (Å²) < 4.78 is 30.2. The largest absolute Gasteiger partial charge is 0.354 e. The van der Waals surface area contributed by atoms with Crippen LogP contribution in [0.25, 0.3) is 11.3 Å². The van der Waals surface area contributed by atoms with Gasteiger partial charge in [-0.25, -0.2) is 8.78 Å². The molecule has 0 saturated heterocycles. The average molecular weight is 485 g/mol. The maximum absolute atomic E-state index is 14.9. The van der Waals surface area contributed by atoms with Crippen LogP contribution in [0, 0.1) is 17.6 Å². The highest BCUT2D eigenvalue weighted by Gasteiger charge is 2.37. The highest BCUT2D eigenvalue weighted by Crippen LogP contribution is 2.48. The van der Waals surface area contributed by atoms with Crippen molar-refractivity contribution < 1.29 is 18.4 Å². The van der Waals surface area contributed by atoms with Crippen LogP contribution in [0.4, 0.5) is 14.6 Å². The van der Waals surface area contributed by atoms with Crippen LogP contribution in [0.1, 0.15) is 30.2 Å². The van der Waals surface area contributed by atoms with Crippen LogP contribution in [-0.2, 0) is 16.6 Å². The van der Waals surface area contributed by atoms with Crippen molar-refractivity contribution in [3.63, 3.8) is 0 Å². The third kappa shape index (κ3) is 4.84. The molecule has 1 atom stereocenters. The zero-order valence-corrected chi connectivity index (χ0v) is 20.0. The van der Waals surface area contributed by atoms with Crippen molar-refractivity contribution in [3.05, 3.63) is 71.3 Å². The lowest BCUT2D eigenvalue weighted by molar-refractivity contribution is -0.123. The van der Waals surface area contributed by atoms with E-state index in [1.165, 1.54) is 28.8 Å². The molecule has 0 fully saturated rings. The predicted octanol–water partition coefficient (Wildman–Crippen LogP) is 4.31.